The molecule has 0 saturated carbocycles. The van der Waals surface area contributed by atoms with Crippen LogP contribution in [0, 0.1) is 0 Å². The van der Waals surface area contributed by atoms with E-state index in [9.17, 15) is 23.1 Å². The van der Waals surface area contributed by atoms with Gasteiger partial charge >= 0.3 is 11.9 Å². The van der Waals surface area contributed by atoms with Crippen molar-refractivity contribution >= 4 is 45.0 Å². The maximum Gasteiger partial charge on any atom is 0.361 e. The predicted molar refractivity (Wildman–Crippen MR) is 95.3 cm³/mol. The average molecular weight is 435 g/mol. The van der Waals surface area contributed by atoms with Crippen LogP contribution in [0.3, 0.4) is 0 Å². The van der Waals surface area contributed by atoms with E-state index in [0.717, 1.165) is 12.1 Å². The van der Waals surface area contributed by atoms with Crippen LogP contribution >= 0.6 is 23.2 Å². The first-order chi connectivity index (χ1) is 12.6. The summed E-state index contributed by atoms with van der Waals surface area (Å²) in [6, 6.07) is 8.69. The van der Waals surface area contributed by atoms with Gasteiger partial charge in [-0.3, -0.25) is 0 Å². The third kappa shape index (κ3) is 5.25. The Labute approximate surface area is 163 Å². The highest BCUT2D eigenvalue weighted by Crippen LogP contribution is 2.33. The van der Waals surface area contributed by atoms with Crippen LogP contribution in [-0.2, 0) is 19.4 Å². The number of carbonyl (C=O) groups is 2. The first-order valence-electron chi connectivity index (χ1n) is 7.14. The van der Waals surface area contributed by atoms with Crippen LogP contribution < -0.4 is 9.47 Å². The van der Waals surface area contributed by atoms with Crippen molar-refractivity contribution in [2.24, 2.45) is 0 Å². The normalized spacial score (nSPS) is 12.2. The largest absolute Gasteiger partial charge is 0.479 e. The van der Waals surface area contributed by atoms with Crippen molar-refractivity contribution in [2.45, 2.75) is 10.3 Å². The van der Waals surface area contributed by atoms with Crippen LogP contribution in [0.25, 0.3) is 0 Å². The van der Waals surface area contributed by atoms with Crippen molar-refractivity contribution in [1.29, 1.82) is 0 Å². The van der Waals surface area contributed by atoms with E-state index in [1.54, 1.807) is 0 Å². The molecular formula is C16H12Cl2O8S. The lowest BCUT2D eigenvalue weighted by atomic mass is 10.3. The second kappa shape index (κ2) is 8.47. The molecule has 0 heterocycles. The Balaban J connectivity index is 2.43. The number of carboxylic acids is 2. The van der Waals surface area contributed by atoms with Gasteiger partial charge in [0.05, 0.1) is 4.90 Å². The Bertz CT molecular complexity index is 974. The SMILES string of the molecule is O=C(O)COc1ccc(Cl)cc1OC(C(=O)O)S(=O)(=O)c1cccc(Cl)c1. The van der Waals surface area contributed by atoms with E-state index in [4.69, 9.17) is 37.8 Å². The molecule has 0 bridgehead atoms. The minimum Gasteiger partial charge on any atom is -0.479 e. The summed E-state index contributed by atoms with van der Waals surface area (Å²) in [4.78, 5) is 21.9. The summed E-state index contributed by atoms with van der Waals surface area (Å²) in [5.41, 5.74) is -2.35. The molecule has 0 spiro atoms. The van der Waals surface area contributed by atoms with Crippen molar-refractivity contribution in [3.63, 3.8) is 0 Å². The lowest BCUT2D eigenvalue weighted by Crippen LogP contribution is -2.36. The van der Waals surface area contributed by atoms with Crippen LogP contribution in [0.2, 0.25) is 10.0 Å². The van der Waals surface area contributed by atoms with E-state index in [1.807, 2.05) is 0 Å². The van der Waals surface area contributed by atoms with E-state index in [1.165, 1.54) is 30.3 Å². The molecule has 8 nitrogen and oxygen atoms in total. The highest BCUT2D eigenvalue weighted by Gasteiger charge is 2.37. The maximum atomic E-state index is 12.7. The van der Waals surface area contributed by atoms with E-state index in [2.05, 4.69) is 0 Å². The molecule has 11 heteroatoms. The molecule has 0 amide bonds. The van der Waals surface area contributed by atoms with Gasteiger partial charge in [0.2, 0.25) is 9.84 Å². The number of rotatable bonds is 8. The summed E-state index contributed by atoms with van der Waals surface area (Å²) in [6.07, 6.45) is 0. The third-order valence-corrected chi connectivity index (χ3v) is 5.34. The van der Waals surface area contributed by atoms with Gasteiger partial charge in [0, 0.05) is 16.1 Å². The van der Waals surface area contributed by atoms with Gasteiger partial charge in [0.25, 0.3) is 5.44 Å². The molecule has 2 rings (SSSR count). The molecule has 2 aromatic carbocycles. The fourth-order valence-electron chi connectivity index (χ4n) is 1.96. The van der Waals surface area contributed by atoms with Gasteiger partial charge in [-0.15, -0.1) is 0 Å². The summed E-state index contributed by atoms with van der Waals surface area (Å²) in [6.45, 7) is -0.753. The summed E-state index contributed by atoms with van der Waals surface area (Å²) in [7, 11) is -4.50. The second-order valence-electron chi connectivity index (χ2n) is 5.06. The molecule has 1 unspecified atom stereocenters. The van der Waals surface area contributed by atoms with Crippen LogP contribution in [0.15, 0.2) is 47.4 Å². The maximum absolute atomic E-state index is 12.7. The molecule has 2 aromatic rings. The molecule has 0 aliphatic heterocycles. The van der Waals surface area contributed by atoms with E-state index in [0.29, 0.717) is 0 Å². The molecule has 0 aliphatic carbocycles. The number of ether oxygens (including phenoxy) is 2. The van der Waals surface area contributed by atoms with Crippen LogP contribution in [-0.4, -0.2) is 42.6 Å². The van der Waals surface area contributed by atoms with Gasteiger partial charge in [-0.2, -0.15) is 0 Å². The van der Waals surface area contributed by atoms with Gasteiger partial charge in [0.1, 0.15) is 0 Å². The van der Waals surface area contributed by atoms with Crippen molar-refractivity contribution < 1.29 is 37.7 Å². The first-order valence-corrected chi connectivity index (χ1v) is 9.44. The molecule has 0 aromatic heterocycles. The fourth-order valence-corrected chi connectivity index (χ4v) is 3.68. The number of hydrogen-bond acceptors (Lipinski definition) is 6. The third-order valence-electron chi connectivity index (χ3n) is 3.10. The van der Waals surface area contributed by atoms with Crippen molar-refractivity contribution in [1.82, 2.24) is 0 Å². The number of sulfone groups is 1. The van der Waals surface area contributed by atoms with E-state index >= 15 is 0 Å². The number of halogens is 2. The van der Waals surface area contributed by atoms with Crippen molar-refractivity contribution in [3.05, 3.63) is 52.5 Å². The Morgan fingerprint density at radius 1 is 1.00 bits per heavy atom. The Kier molecular flexibility index (Phi) is 6.53. The number of benzene rings is 2. The van der Waals surface area contributed by atoms with Crippen molar-refractivity contribution in [3.8, 4) is 11.5 Å². The topological polar surface area (TPSA) is 127 Å². The summed E-state index contributed by atoms with van der Waals surface area (Å²) >= 11 is 11.6. The summed E-state index contributed by atoms with van der Waals surface area (Å²) in [5, 5.41) is 18.3. The van der Waals surface area contributed by atoms with Crippen LogP contribution in [0.1, 0.15) is 0 Å². The average Bonchev–Trinajstić information content (AvgIpc) is 2.58. The van der Waals surface area contributed by atoms with E-state index < -0.39 is 33.8 Å². The van der Waals surface area contributed by atoms with Crippen molar-refractivity contribution in [2.75, 3.05) is 6.61 Å². The quantitative estimate of drug-likeness (QED) is 0.648. The number of hydrogen-bond donors (Lipinski definition) is 2. The zero-order valence-corrected chi connectivity index (χ0v) is 15.7. The number of aliphatic carboxylic acids is 2. The molecule has 27 heavy (non-hydrogen) atoms. The van der Waals surface area contributed by atoms with Gasteiger partial charge in [-0.1, -0.05) is 29.3 Å². The molecule has 0 radical (unpaired) electrons. The molecule has 2 N–H and O–H groups in total. The highest BCUT2D eigenvalue weighted by molar-refractivity contribution is 7.92. The standard InChI is InChI=1S/C16H12Cl2O8S/c17-9-2-1-3-11(6-9)27(23,24)16(15(21)22)26-13-7-10(18)4-5-12(13)25-8-14(19)20/h1-7,16H,8H2,(H,19,20)(H,21,22). The van der Waals surface area contributed by atoms with E-state index in [-0.39, 0.29) is 26.4 Å². The zero-order chi connectivity index (χ0) is 20.2. The molecule has 0 aliphatic rings. The van der Waals surface area contributed by atoms with Gasteiger partial charge < -0.3 is 19.7 Å². The molecule has 144 valence electrons. The number of carboxylic acid groups (broad SMARTS) is 2. The molecule has 1 atom stereocenters. The van der Waals surface area contributed by atoms with Gasteiger partial charge in [-0.25, -0.2) is 18.0 Å². The highest BCUT2D eigenvalue weighted by atomic mass is 35.5. The first kappa shape index (κ1) is 20.8. The monoisotopic (exact) mass is 434 g/mol. The van der Waals surface area contributed by atoms with Crippen LogP contribution in [0.4, 0.5) is 0 Å². The zero-order valence-electron chi connectivity index (χ0n) is 13.3. The lowest BCUT2D eigenvalue weighted by Gasteiger charge is -2.18. The Morgan fingerprint density at radius 2 is 1.67 bits per heavy atom. The molecule has 0 fully saturated rings. The fraction of sp³-hybridized carbons (Fsp3) is 0.125. The Hall–Kier alpha value is -2.49. The Morgan fingerprint density at radius 3 is 2.26 bits per heavy atom. The predicted octanol–water partition coefficient (Wildman–Crippen LogP) is 2.72. The minimum atomic E-state index is -4.50. The lowest BCUT2D eigenvalue weighted by molar-refractivity contribution is -0.142. The van der Waals surface area contributed by atoms with Crippen LogP contribution in [0.5, 0.6) is 11.5 Å². The smallest absolute Gasteiger partial charge is 0.361 e. The minimum absolute atomic E-state index is 0.0912. The summed E-state index contributed by atoms with van der Waals surface area (Å²) in [5.74, 6) is -3.62. The second-order valence-corrected chi connectivity index (χ2v) is 7.93. The van der Waals surface area contributed by atoms with Gasteiger partial charge in [-0.05, 0) is 30.3 Å². The molecule has 0 saturated heterocycles. The summed E-state index contributed by atoms with van der Waals surface area (Å²) < 4.78 is 35.4. The molecular weight excluding hydrogens is 423 g/mol. The van der Waals surface area contributed by atoms with Gasteiger partial charge in [0.15, 0.2) is 18.1 Å².